The number of hydrogen-bond acceptors (Lipinski definition) is 3. The molecule has 2 N–H and O–H groups in total. The van der Waals surface area contributed by atoms with E-state index in [4.69, 9.17) is 4.74 Å². The van der Waals surface area contributed by atoms with Crippen LogP contribution in [0.25, 0.3) is 0 Å². The lowest BCUT2D eigenvalue weighted by Gasteiger charge is -2.24. The van der Waals surface area contributed by atoms with Crippen LogP contribution in [0.5, 0.6) is 5.75 Å². The van der Waals surface area contributed by atoms with Gasteiger partial charge in [0.15, 0.2) is 0 Å². The summed E-state index contributed by atoms with van der Waals surface area (Å²) in [7, 11) is 0. The first-order valence-corrected chi connectivity index (χ1v) is 7.27. The summed E-state index contributed by atoms with van der Waals surface area (Å²) < 4.78 is 5.49. The second-order valence-electron chi connectivity index (χ2n) is 5.59. The van der Waals surface area contributed by atoms with E-state index in [-0.39, 0.29) is 19.1 Å². The Bertz CT molecular complexity index is 443. The van der Waals surface area contributed by atoms with Gasteiger partial charge in [-0.15, -0.1) is 0 Å². The lowest BCUT2D eigenvalue weighted by atomic mass is 9.83. The maximum Gasteiger partial charge on any atom is 0.220 e. The van der Waals surface area contributed by atoms with Crippen LogP contribution in [-0.4, -0.2) is 30.3 Å². The molecule has 1 aliphatic carbocycles. The molecular weight excluding hydrogens is 254 g/mol. The molecule has 1 aromatic carbocycles. The molecule has 0 bridgehead atoms. The number of aliphatic hydroxyl groups excluding tert-OH is 1. The van der Waals surface area contributed by atoms with Crippen molar-refractivity contribution in [2.24, 2.45) is 5.92 Å². The first kappa shape index (κ1) is 14.9. The van der Waals surface area contributed by atoms with Gasteiger partial charge in [-0.25, -0.2) is 0 Å². The van der Waals surface area contributed by atoms with E-state index in [1.54, 1.807) is 0 Å². The molecule has 0 spiro atoms. The van der Waals surface area contributed by atoms with Gasteiger partial charge in [0, 0.05) is 13.0 Å². The van der Waals surface area contributed by atoms with Crippen LogP contribution in [0.2, 0.25) is 0 Å². The maximum atomic E-state index is 11.6. The van der Waals surface area contributed by atoms with Gasteiger partial charge in [-0.05, 0) is 43.4 Å². The number of ether oxygens (including phenoxy) is 1. The molecule has 1 unspecified atom stereocenters. The average molecular weight is 277 g/mol. The quantitative estimate of drug-likeness (QED) is 0.802. The molecule has 110 valence electrons. The Balaban J connectivity index is 1.62. The second-order valence-corrected chi connectivity index (χ2v) is 5.59. The Hall–Kier alpha value is -1.55. The monoisotopic (exact) mass is 277 g/mol. The fraction of sp³-hybridized carbons (Fsp3) is 0.562. The Morgan fingerprint density at radius 3 is 2.95 bits per heavy atom. The van der Waals surface area contributed by atoms with E-state index in [0.29, 0.717) is 12.3 Å². The van der Waals surface area contributed by atoms with Crippen molar-refractivity contribution in [2.45, 2.75) is 38.7 Å². The molecule has 2 rings (SSSR count). The van der Waals surface area contributed by atoms with E-state index >= 15 is 0 Å². The molecule has 1 saturated carbocycles. The zero-order valence-electron chi connectivity index (χ0n) is 12.0. The number of carbonyl (C=O) groups excluding carboxylic acids is 1. The minimum atomic E-state index is -0.680. The van der Waals surface area contributed by atoms with Gasteiger partial charge < -0.3 is 15.2 Å². The third-order valence-corrected chi connectivity index (χ3v) is 3.67. The van der Waals surface area contributed by atoms with Gasteiger partial charge in [0.05, 0.1) is 0 Å². The minimum absolute atomic E-state index is 0.0318. The molecule has 1 fully saturated rings. The predicted octanol–water partition coefficient (Wildman–Crippen LogP) is 2.04. The summed E-state index contributed by atoms with van der Waals surface area (Å²) in [6.45, 7) is 2.43. The van der Waals surface area contributed by atoms with Crippen LogP contribution >= 0.6 is 0 Å². The van der Waals surface area contributed by atoms with Crippen molar-refractivity contribution >= 4 is 5.91 Å². The van der Waals surface area contributed by atoms with Crippen molar-refractivity contribution in [3.8, 4) is 5.75 Å². The Morgan fingerprint density at radius 1 is 1.50 bits per heavy atom. The van der Waals surface area contributed by atoms with Crippen LogP contribution < -0.4 is 10.1 Å². The van der Waals surface area contributed by atoms with Crippen molar-refractivity contribution < 1.29 is 14.6 Å². The first-order valence-electron chi connectivity index (χ1n) is 7.27. The molecule has 1 atom stereocenters. The van der Waals surface area contributed by atoms with Crippen molar-refractivity contribution in [2.75, 3.05) is 13.2 Å². The number of rotatable bonds is 7. The molecule has 1 amide bonds. The summed E-state index contributed by atoms with van der Waals surface area (Å²) in [6.07, 6.45) is 3.47. The molecule has 1 aromatic rings. The second kappa shape index (κ2) is 7.29. The van der Waals surface area contributed by atoms with Crippen LogP contribution in [0.15, 0.2) is 24.3 Å². The van der Waals surface area contributed by atoms with Crippen LogP contribution in [-0.2, 0) is 4.79 Å². The van der Waals surface area contributed by atoms with Gasteiger partial charge >= 0.3 is 0 Å². The SMILES string of the molecule is Cc1cccc(OCC(O)CNC(=O)CC2CCC2)c1. The highest BCUT2D eigenvalue weighted by Crippen LogP contribution is 2.28. The normalized spacial score (nSPS) is 16.3. The topological polar surface area (TPSA) is 58.6 Å². The van der Waals surface area contributed by atoms with Crippen LogP contribution in [0.4, 0.5) is 0 Å². The van der Waals surface area contributed by atoms with Crippen molar-refractivity contribution in [1.29, 1.82) is 0 Å². The highest BCUT2D eigenvalue weighted by molar-refractivity contribution is 5.76. The first-order chi connectivity index (χ1) is 9.63. The molecule has 4 nitrogen and oxygen atoms in total. The average Bonchev–Trinajstić information content (AvgIpc) is 2.38. The van der Waals surface area contributed by atoms with Gasteiger partial charge in [-0.1, -0.05) is 18.6 Å². The summed E-state index contributed by atoms with van der Waals surface area (Å²) in [5.74, 6) is 1.32. The summed E-state index contributed by atoms with van der Waals surface area (Å²) in [6, 6.07) is 7.68. The third-order valence-electron chi connectivity index (χ3n) is 3.67. The van der Waals surface area contributed by atoms with Gasteiger partial charge in [-0.3, -0.25) is 4.79 Å². The fourth-order valence-corrected chi connectivity index (χ4v) is 2.22. The highest BCUT2D eigenvalue weighted by atomic mass is 16.5. The fourth-order valence-electron chi connectivity index (χ4n) is 2.22. The Labute approximate surface area is 120 Å². The van der Waals surface area contributed by atoms with Crippen LogP contribution in [0, 0.1) is 12.8 Å². The van der Waals surface area contributed by atoms with E-state index in [0.717, 1.165) is 24.2 Å². The number of aliphatic hydroxyl groups is 1. The minimum Gasteiger partial charge on any atom is -0.491 e. The van der Waals surface area contributed by atoms with E-state index in [1.807, 2.05) is 31.2 Å². The standard InChI is InChI=1S/C16H23NO3/c1-12-4-2-7-15(8-12)20-11-14(18)10-17-16(19)9-13-5-3-6-13/h2,4,7-8,13-14,18H,3,5-6,9-11H2,1H3,(H,17,19). The molecular formula is C16H23NO3. The van der Waals surface area contributed by atoms with E-state index in [2.05, 4.69) is 5.32 Å². The molecule has 0 aliphatic heterocycles. The summed E-state index contributed by atoms with van der Waals surface area (Å²) in [5, 5.41) is 12.6. The predicted molar refractivity (Wildman–Crippen MR) is 77.6 cm³/mol. The Morgan fingerprint density at radius 2 is 2.30 bits per heavy atom. The number of amides is 1. The molecule has 0 heterocycles. The van der Waals surface area contributed by atoms with Gasteiger partial charge in [-0.2, -0.15) is 0 Å². The molecule has 0 saturated heterocycles. The molecule has 0 aromatic heterocycles. The van der Waals surface area contributed by atoms with E-state index in [9.17, 15) is 9.90 Å². The maximum absolute atomic E-state index is 11.6. The largest absolute Gasteiger partial charge is 0.491 e. The number of aryl methyl sites for hydroxylation is 1. The molecule has 4 heteroatoms. The summed E-state index contributed by atoms with van der Waals surface area (Å²) in [5.41, 5.74) is 1.12. The number of carbonyl (C=O) groups is 1. The van der Waals surface area contributed by atoms with Crippen LogP contribution in [0.3, 0.4) is 0 Å². The lowest BCUT2D eigenvalue weighted by Crippen LogP contribution is -2.36. The summed E-state index contributed by atoms with van der Waals surface area (Å²) >= 11 is 0. The van der Waals surface area contributed by atoms with Gasteiger partial charge in [0.2, 0.25) is 5.91 Å². The zero-order valence-corrected chi connectivity index (χ0v) is 12.0. The number of nitrogens with one attached hydrogen (secondary N) is 1. The number of hydrogen-bond donors (Lipinski definition) is 2. The lowest BCUT2D eigenvalue weighted by molar-refractivity contribution is -0.123. The number of benzene rings is 1. The van der Waals surface area contributed by atoms with Crippen LogP contribution in [0.1, 0.15) is 31.2 Å². The molecule has 20 heavy (non-hydrogen) atoms. The van der Waals surface area contributed by atoms with Gasteiger partial charge in [0.1, 0.15) is 18.5 Å². The smallest absolute Gasteiger partial charge is 0.220 e. The zero-order chi connectivity index (χ0) is 14.4. The Kier molecular flexibility index (Phi) is 5.41. The molecule has 1 aliphatic rings. The van der Waals surface area contributed by atoms with E-state index in [1.165, 1.54) is 6.42 Å². The van der Waals surface area contributed by atoms with Crippen molar-refractivity contribution in [3.05, 3.63) is 29.8 Å². The van der Waals surface area contributed by atoms with Gasteiger partial charge in [0.25, 0.3) is 0 Å². The highest BCUT2D eigenvalue weighted by Gasteiger charge is 2.20. The van der Waals surface area contributed by atoms with Crippen molar-refractivity contribution in [1.82, 2.24) is 5.32 Å². The van der Waals surface area contributed by atoms with Crippen molar-refractivity contribution in [3.63, 3.8) is 0 Å². The van der Waals surface area contributed by atoms with E-state index < -0.39 is 6.10 Å². The third kappa shape index (κ3) is 4.85. The molecule has 0 radical (unpaired) electrons. The summed E-state index contributed by atoms with van der Waals surface area (Å²) in [4.78, 5) is 11.6.